The molecule has 0 aliphatic carbocycles. The molecule has 2 aromatic rings. The van der Waals surface area contributed by atoms with Crippen LogP contribution in [0.2, 0.25) is 0 Å². The van der Waals surface area contributed by atoms with Crippen LogP contribution in [0, 0.1) is 0 Å². The zero-order chi connectivity index (χ0) is 14.9. The Morgan fingerprint density at radius 2 is 1.81 bits per heavy atom. The summed E-state index contributed by atoms with van der Waals surface area (Å²) < 4.78 is 11.0. The molecule has 2 rings (SSSR count). The topological polar surface area (TPSA) is 44.5 Å². The molecule has 0 aliphatic heterocycles. The maximum atomic E-state index is 5.83. The Bertz CT molecular complexity index is 540. The lowest BCUT2D eigenvalue weighted by Crippen LogP contribution is -2.04. The first-order chi connectivity index (χ1) is 10.3. The third kappa shape index (κ3) is 4.80. The summed E-state index contributed by atoms with van der Waals surface area (Å²) in [6, 6.07) is 16.3. The van der Waals surface area contributed by atoms with Crippen molar-refractivity contribution in [2.75, 3.05) is 13.7 Å². The van der Waals surface area contributed by atoms with Gasteiger partial charge in [0.15, 0.2) is 0 Å². The Morgan fingerprint density at radius 3 is 2.52 bits per heavy atom. The summed E-state index contributed by atoms with van der Waals surface area (Å²) in [6.45, 7) is 1.17. The number of hydrogen-bond acceptors (Lipinski definition) is 3. The van der Waals surface area contributed by atoms with E-state index >= 15 is 0 Å². The minimum absolute atomic E-state index is 0.455. The van der Waals surface area contributed by atoms with E-state index in [1.807, 2.05) is 24.3 Å². The molecule has 0 atom stereocenters. The number of hydrogen-bond donors (Lipinski definition) is 1. The van der Waals surface area contributed by atoms with Crippen LogP contribution < -0.4 is 15.2 Å². The van der Waals surface area contributed by atoms with Gasteiger partial charge in [0.25, 0.3) is 0 Å². The standard InChI is InChI=1S/C18H23NO2/c1-20-17-10-11-18(16(13-17)14-19)21-12-6-5-9-15-7-3-2-4-8-15/h2-4,7-8,10-11,13H,5-6,9,12,14,19H2,1H3. The third-order valence-corrected chi connectivity index (χ3v) is 3.45. The largest absolute Gasteiger partial charge is 0.497 e. The van der Waals surface area contributed by atoms with Gasteiger partial charge in [-0.25, -0.2) is 0 Å². The predicted octanol–water partition coefficient (Wildman–Crippen LogP) is 3.56. The summed E-state index contributed by atoms with van der Waals surface area (Å²) in [4.78, 5) is 0. The van der Waals surface area contributed by atoms with Crippen molar-refractivity contribution in [3.05, 3.63) is 59.7 Å². The highest BCUT2D eigenvalue weighted by atomic mass is 16.5. The third-order valence-electron chi connectivity index (χ3n) is 3.45. The zero-order valence-corrected chi connectivity index (χ0v) is 12.5. The van der Waals surface area contributed by atoms with Gasteiger partial charge in [0.1, 0.15) is 11.5 Å². The Morgan fingerprint density at radius 1 is 1.00 bits per heavy atom. The van der Waals surface area contributed by atoms with Crippen molar-refractivity contribution < 1.29 is 9.47 Å². The number of nitrogens with two attached hydrogens (primary N) is 1. The van der Waals surface area contributed by atoms with Gasteiger partial charge >= 0.3 is 0 Å². The van der Waals surface area contributed by atoms with E-state index in [1.54, 1.807) is 7.11 Å². The monoisotopic (exact) mass is 285 g/mol. The molecule has 0 aliphatic rings. The molecule has 21 heavy (non-hydrogen) atoms. The van der Waals surface area contributed by atoms with Crippen LogP contribution in [0.4, 0.5) is 0 Å². The van der Waals surface area contributed by atoms with Gasteiger partial charge in [-0.15, -0.1) is 0 Å². The SMILES string of the molecule is COc1ccc(OCCCCc2ccccc2)c(CN)c1. The highest BCUT2D eigenvalue weighted by Gasteiger charge is 2.04. The van der Waals surface area contributed by atoms with Gasteiger partial charge in [0.05, 0.1) is 13.7 Å². The molecule has 3 nitrogen and oxygen atoms in total. The van der Waals surface area contributed by atoms with Crippen LogP contribution in [0.25, 0.3) is 0 Å². The minimum Gasteiger partial charge on any atom is -0.497 e. The van der Waals surface area contributed by atoms with E-state index in [0.29, 0.717) is 13.2 Å². The van der Waals surface area contributed by atoms with Gasteiger partial charge in [-0.3, -0.25) is 0 Å². The van der Waals surface area contributed by atoms with Gasteiger partial charge in [-0.2, -0.15) is 0 Å². The van der Waals surface area contributed by atoms with Crippen LogP contribution in [0.5, 0.6) is 11.5 Å². The number of ether oxygens (including phenoxy) is 2. The van der Waals surface area contributed by atoms with Gasteiger partial charge in [0, 0.05) is 12.1 Å². The van der Waals surface area contributed by atoms with Crippen LogP contribution >= 0.6 is 0 Å². The summed E-state index contributed by atoms with van der Waals surface area (Å²) in [5.74, 6) is 1.67. The van der Waals surface area contributed by atoms with E-state index in [-0.39, 0.29) is 0 Å². The second-order valence-electron chi connectivity index (χ2n) is 4.97. The first kappa shape index (κ1) is 15.4. The highest BCUT2D eigenvalue weighted by Crippen LogP contribution is 2.24. The highest BCUT2D eigenvalue weighted by molar-refractivity contribution is 5.40. The van der Waals surface area contributed by atoms with Crippen molar-refractivity contribution in [3.63, 3.8) is 0 Å². The molecular weight excluding hydrogens is 262 g/mol. The van der Waals surface area contributed by atoms with Crippen molar-refractivity contribution in [1.29, 1.82) is 0 Å². The lowest BCUT2D eigenvalue weighted by atomic mass is 10.1. The molecule has 0 saturated heterocycles. The number of methoxy groups -OCH3 is 1. The molecule has 0 saturated carbocycles. The predicted molar refractivity (Wildman–Crippen MR) is 85.8 cm³/mol. The van der Waals surface area contributed by atoms with E-state index < -0.39 is 0 Å². The van der Waals surface area contributed by atoms with E-state index in [1.165, 1.54) is 5.56 Å². The zero-order valence-electron chi connectivity index (χ0n) is 12.5. The van der Waals surface area contributed by atoms with Gasteiger partial charge < -0.3 is 15.2 Å². The minimum atomic E-state index is 0.455. The Balaban J connectivity index is 1.76. The van der Waals surface area contributed by atoms with Crippen LogP contribution in [0.3, 0.4) is 0 Å². The molecule has 0 amide bonds. The summed E-state index contributed by atoms with van der Waals surface area (Å²) >= 11 is 0. The molecule has 0 bridgehead atoms. The average molecular weight is 285 g/mol. The van der Waals surface area contributed by atoms with Gasteiger partial charge in [-0.1, -0.05) is 30.3 Å². The fraction of sp³-hybridized carbons (Fsp3) is 0.333. The summed E-state index contributed by atoms with van der Waals surface area (Å²) in [6.07, 6.45) is 3.25. The average Bonchev–Trinajstić information content (AvgIpc) is 2.55. The Hall–Kier alpha value is -2.00. The number of benzene rings is 2. The van der Waals surface area contributed by atoms with Crippen molar-refractivity contribution in [1.82, 2.24) is 0 Å². The molecule has 112 valence electrons. The fourth-order valence-corrected chi connectivity index (χ4v) is 2.24. The molecule has 0 aromatic heterocycles. The number of unbranched alkanes of at least 4 members (excludes halogenated alkanes) is 1. The molecule has 0 heterocycles. The molecule has 0 spiro atoms. The van der Waals surface area contributed by atoms with Gasteiger partial charge in [-0.05, 0) is 43.0 Å². The molecule has 0 radical (unpaired) electrons. The summed E-state index contributed by atoms with van der Waals surface area (Å²) in [5, 5.41) is 0. The first-order valence-corrected chi connectivity index (χ1v) is 7.37. The van der Waals surface area contributed by atoms with Crippen LogP contribution in [0.15, 0.2) is 48.5 Å². The molecule has 0 unspecified atom stereocenters. The second-order valence-corrected chi connectivity index (χ2v) is 4.97. The molecule has 0 fully saturated rings. The molecular formula is C18H23NO2. The fourth-order valence-electron chi connectivity index (χ4n) is 2.24. The number of rotatable bonds is 8. The van der Waals surface area contributed by atoms with Crippen molar-refractivity contribution >= 4 is 0 Å². The molecule has 2 aromatic carbocycles. The van der Waals surface area contributed by atoms with Crippen molar-refractivity contribution in [2.45, 2.75) is 25.8 Å². The Kier molecular flexibility index (Phi) is 6.10. The first-order valence-electron chi connectivity index (χ1n) is 7.37. The molecule has 3 heteroatoms. The summed E-state index contributed by atoms with van der Waals surface area (Å²) in [7, 11) is 1.65. The maximum absolute atomic E-state index is 5.83. The van der Waals surface area contributed by atoms with Crippen molar-refractivity contribution in [2.24, 2.45) is 5.73 Å². The van der Waals surface area contributed by atoms with Crippen LogP contribution in [-0.2, 0) is 13.0 Å². The van der Waals surface area contributed by atoms with Crippen LogP contribution in [0.1, 0.15) is 24.0 Å². The quantitative estimate of drug-likeness (QED) is 0.754. The Labute approximate surface area is 126 Å². The maximum Gasteiger partial charge on any atom is 0.124 e. The smallest absolute Gasteiger partial charge is 0.124 e. The van der Waals surface area contributed by atoms with E-state index in [0.717, 1.165) is 36.3 Å². The lowest BCUT2D eigenvalue weighted by molar-refractivity contribution is 0.303. The lowest BCUT2D eigenvalue weighted by Gasteiger charge is -2.11. The van der Waals surface area contributed by atoms with E-state index in [4.69, 9.17) is 15.2 Å². The van der Waals surface area contributed by atoms with E-state index in [9.17, 15) is 0 Å². The van der Waals surface area contributed by atoms with Crippen LogP contribution in [-0.4, -0.2) is 13.7 Å². The second kappa shape index (κ2) is 8.32. The number of aryl methyl sites for hydroxylation is 1. The molecule has 2 N–H and O–H groups in total. The normalized spacial score (nSPS) is 10.4. The summed E-state index contributed by atoms with van der Waals surface area (Å²) in [5.41, 5.74) is 8.11. The van der Waals surface area contributed by atoms with E-state index in [2.05, 4.69) is 24.3 Å². The van der Waals surface area contributed by atoms with Crippen molar-refractivity contribution in [3.8, 4) is 11.5 Å². The van der Waals surface area contributed by atoms with Gasteiger partial charge in [0.2, 0.25) is 0 Å².